The summed E-state index contributed by atoms with van der Waals surface area (Å²) in [5.74, 6) is -2.78. The van der Waals surface area contributed by atoms with Crippen molar-refractivity contribution < 1.29 is 24.2 Å². The second kappa shape index (κ2) is 9.10. The average Bonchev–Trinajstić information content (AvgIpc) is 3.20. The van der Waals surface area contributed by atoms with Crippen LogP contribution in [0.5, 0.6) is 0 Å². The number of rotatable bonds is 4. The smallest absolute Gasteiger partial charge is 0.410 e. The summed E-state index contributed by atoms with van der Waals surface area (Å²) in [4.78, 5) is 40.0. The molecule has 166 valence electrons. The molecule has 2 aromatic carbocycles. The van der Waals surface area contributed by atoms with Crippen LogP contribution in [0.3, 0.4) is 0 Å². The first-order chi connectivity index (χ1) is 15.1. The minimum absolute atomic E-state index is 0.0563. The highest BCUT2D eigenvalue weighted by Crippen LogP contribution is 2.36. The standard InChI is InChI=1S/C24H25N3O5/c1-24(2,3)32-23(31)26-13-19(16-8-7-9-17(12-16)22(29)30)20(14-26)21(28)27(15-25)18-10-5-4-6-11-18/h4-12,19-20H,13-14H2,1-3H3,(H,29,30). The Morgan fingerprint density at radius 3 is 2.38 bits per heavy atom. The molecule has 2 unspecified atom stereocenters. The molecule has 0 aromatic heterocycles. The zero-order chi connectivity index (χ0) is 23.5. The van der Waals surface area contributed by atoms with Crippen LogP contribution in [-0.4, -0.2) is 46.7 Å². The fourth-order valence-electron chi connectivity index (χ4n) is 3.75. The molecule has 0 aliphatic carbocycles. The van der Waals surface area contributed by atoms with E-state index in [1.807, 2.05) is 6.19 Å². The number of hydrogen-bond donors (Lipinski definition) is 1. The summed E-state index contributed by atoms with van der Waals surface area (Å²) in [6, 6.07) is 14.8. The van der Waals surface area contributed by atoms with Crippen molar-refractivity contribution in [1.82, 2.24) is 4.90 Å². The first kappa shape index (κ1) is 22.8. The largest absolute Gasteiger partial charge is 0.478 e. The molecule has 1 saturated heterocycles. The van der Waals surface area contributed by atoms with Gasteiger partial charge in [0.2, 0.25) is 5.91 Å². The third-order valence-corrected chi connectivity index (χ3v) is 5.19. The molecule has 2 aromatic rings. The number of likely N-dealkylation sites (tertiary alicyclic amines) is 1. The minimum Gasteiger partial charge on any atom is -0.478 e. The molecule has 0 spiro atoms. The van der Waals surface area contributed by atoms with Gasteiger partial charge in [-0.3, -0.25) is 4.79 Å². The lowest BCUT2D eigenvalue weighted by Gasteiger charge is -2.24. The van der Waals surface area contributed by atoms with Gasteiger partial charge in [0.1, 0.15) is 5.60 Å². The first-order valence-electron chi connectivity index (χ1n) is 10.2. The van der Waals surface area contributed by atoms with Gasteiger partial charge in [-0.25, -0.2) is 14.5 Å². The number of nitrogens with zero attached hydrogens (tertiary/aromatic N) is 3. The number of para-hydroxylation sites is 1. The van der Waals surface area contributed by atoms with Gasteiger partial charge in [0.25, 0.3) is 0 Å². The van der Waals surface area contributed by atoms with E-state index in [1.165, 1.54) is 17.0 Å². The van der Waals surface area contributed by atoms with Crippen LogP contribution >= 0.6 is 0 Å². The number of benzene rings is 2. The Kier molecular flexibility index (Phi) is 6.49. The van der Waals surface area contributed by atoms with Gasteiger partial charge in [-0.05, 0) is 50.6 Å². The van der Waals surface area contributed by atoms with Crippen molar-refractivity contribution in [1.29, 1.82) is 5.26 Å². The van der Waals surface area contributed by atoms with Crippen LogP contribution < -0.4 is 4.90 Å². The van der Waals surface area contributed by atoms with Gasteiger partial charge in [0, 0.05) is 19.0 Å². The van der Waals surface area contributed by atoms with E-state index in [0.29, 0.717) is 11.3 Å². The van der Waals surface area contributed by atoms with E-state index in [2.05, 4.69) is 0 Å². The van der Waals surface area contributed by atoms with Gasteiger partial charge in [-0.1, -0.05) is 30.3 Å². The van der Waals surface area contributed by atoms with E-state index >= 15 is 0 Å². The quantitative estimate of drug-likeness (QED) is 0.577. The monoisotopic (exact) mass is 435 g/mol. The topological polar surface area (TPSA) is 111 Å². The first-order valence-corrected chi connectivity index (χ1v) is 10.2. The van der Waals surface area contributed by atoms with Crippen LogP contribution in [0.15, 0.2) is 54.6 Å². The van der Waals surface area contributed by atoms with Crippen LogP contribution in [0.2, 0.25) is 0 Å². The zero-order valence-electron chi connectivity index (χ0n) is 18.2. The molecule has 0 saturated carbocycles. The predicted octanol–water partition coefficient (Wildman–Crippen LogP) is 3.85. The van der Waals surface area contributed by atoms with E-state index in [9.17, 15) is 24.8 Å². The van der Waals surface area contributed by atoms with Gasteiger partial charge in [-0.15, -0.1) is 0 Å². The van der Waals surface area contributed by atoms with Gasteiger partial charge < -0.3 is 14.7 Å². The summed E-state index contributed by atoms with van der Waals surface area (Å²) in [5.41, 5.74) is 0.416. The van der Waals surface area contributed by atoms with Crippen molar-refractivity contribution in [2.75, 3.05) is 18.0 Å². The number of anilines is 1. The molecule has 1 fully saturated rings. The molecule has 3 rings (SSSR count). The molecular formula is C24H25N3O5. The van der Waals surface area contributed by atoms with Crippen molar-refractivity contribution in [3.63, 3.8) is 0 Å². The molecule has 1 aliphatic rings. The third kappa shape index (κ3) is 5.06. The number of carbonyl (C=O) groups excluding carboxylic acids is 2. The Morgan fingerprint density at radius 2 is 1.78 bits per heavy atom. The number of hydrogen-bond acceptors (Lipinski definition) is 5. The predicted molar refractivity (Wildman–Crippen MR) is 117 cm³/mol. The Bertz CT molecular complexity index is 1060. The molecule has 0 radical (unpaired) electrons. The summed E-state index contributed by atoms with van der Waals surface area (Å²) >= 11 is 0. The van der Waals surface area contributed by atoms with Crippen molar-refractivity contribution in [3.05, 3.63) is 65.7 Å². The Labute approximate surface area is 186 Å². The highest BCUT2D eigenvalue weighted by molar-refractivity contribution is 5.99. The third-order valence-electron chi connectivity index (χ3n) is 5.19. The van der Waals surface area contributed by atoms with E-state index in [-0.39, 0.29) is 18.7 Å². The van der Waals surface area contributed by atoms with Crippen molar-refractivity contribution in [2.24, 2.45) is 5.92 Å². The van der Waals surface area contributed by atoms with Crippen LogP contribution in [0, 0.1) is 17.4 Å². The lowest BCUT2D eigenvalue weighted by molar-refractivity contribution is -0.121. The number of carboxylic acids is 1. The summed E-state index contributed by atoms with van der Waals surface area (Å²) in [6.45, 7) is 5.49. The van der Waals surface area contributed by atoms with Gasteiger partial charge in [0.15, 0.2) is 6.19 Å². The highest BCUT2D eigenvalue weighted by Gasteiger charge is 2.43. The molecular weight excluding hydrogens is 410 g/mol. The SMILES string of the molecule is CC(C)(C)OC(=O)N1CC(C(=O)N(C#N)c2ccccc2)C(c2cccc(C(=O)O)c2)C1. The molecule has 1 aliphatic heterocycles. The second-order valence-electron chi connectivity index (χ2n) is 8.64. The molecule has 1 N–H and O–H groups in total. The number of nitriles is 1. The maximum Gasteiger partial charge on any atom is 0.410 e. The number of amides is 2. The van der Waals surface area contributed by atoms with E-state index < -0.39 is 35.4 Å². The molecule has 32 heavy (non-hydrogen) atoms. The normalized spacial score (nSPS) is 18.0. The Morgan fingerprint density at radius 1 is 1.09 bits per heavy atom. The summed E-state index contributed by atoms with van der Waals surface area (Å²) in [6.07, 6.45) is 1.37. The maximum absolute atomic E-state index is 13.4. The van der Waals surface area contributed by atoms with E-state index in [4.69, 9.17) is 4.74 Å². The lowest BCUT2D eigenvalue weighted by atomic mass is 9.87. The van der Waals surface area contributed by atoms with Gasteiger partial charge >= 0.3 is 12.1 Å². The summed E-state index contributed by atoms with van der Waals surface area (Å²) in [5, 5.41) is 19.1. The van der Waals surface area contributed by atoms with Crippen LogP contribution in [0.4, 0.5) is 10.5 Å². The van der Waals surface area contributed by atoms with Crippen molar-refractivity contribution in [2.45, 2.75) is 32.3 Å². The summed E-state index contributed by atoms with van der Waals surface area (Å²) in [7, 11) is 0. The lowest BCUT2D eigenvalue weighted by Crippen LogP contribution is -2.38. The zero-order valence-corrected chi connectivity index (χ0v) is 18.2. The fraction of sp³-hybridized carbons (Fsp3) is 0.333. The number of ether oxygens (including phenoxy) is 1. The average molecular weight is 435 g/mol. The van der Waals surface area contributed by atoms with Crippen molar-refractivity contribution >= 4 is 23.7 Å². The Balaban J connectivity index is 1.97. The molecule has 8 nitrogen and oxygen atoms in total. The molecule has 8 heteroatoms. The highest BCUT2D eigenvalue weighted by atomic mass is 16.6. The minimum atomic E-state index is -1.08. The van der Waals surface area contributed by atoms with Crippen LogP contribution in [0.1, 0.15) is 42.6 Å². The second-order valence-corrected chi connectivity index (χ2v) is 8.64. The molecule has 2 atom stereocenters. The number of carboxylic acid groups (broad SMARTS) is 1. The van der Waals surface area contributed by atoms with Gasteiger partial charge in [-0.2, -0.15) is 5.26 Å². The number of carbonyl (C=O) groups is 3. The van der Waals surface area contributed by atoms with Crippen LogP contribution in [0.25, 0.3) is 0 Å². The Hall–Kier alpha value is -3.86. The molecule has 0 bridgehead atoms. The summed E-state index contributed by atoms with van der Waals surface area (Å²) < 4.78 is 5.47. The van der Waals surface area contributed by atoms with E-state index in [0.717, 1.165) is 4.90 Å². The van der Waals surface area contributed by atoms with Gasteiger partial charge in [0.05, 0.1) is 17.2 Å². The van der Waals surface area contributed by atoms with Crippen LogP contribution in [-0.2, 0) is 9.53 Å². The van der Waals surface area contributed by atoms with Crippen molar-refractivity contribution in [3.8, 4) is 6.19 Å². The fourth-order valence-corrected chi connectivity index (χ4v) is 3.75. The number of aromatic carboxylic acids is 1. The van der Waals surface area contributed by atoms with E-state index in [1.54, 1.807) is 63.2 Å². The molecule has 1 heterocycles. The molecule has 2 amide bonds. The maximum atomic E-state index is 13.4.